The van der Waals surface area contributed by atoms with Crippen LogP contribution in [0, 0.1) is 7.14 Å². The van der Waals surface area contributed by atoms with Crippen LogP contribution in [0.5, 0.6) is 5.75 Å². The van der Waals surface area contributed by atoms with Crippen molar-refractivity contribution in [2.45, 2.75) is 0 Å². The molecule has 2 N–H and O–H groups in total. The molecule has 0 atom stereocenters. The molecule has 0 saturated carbocycles. The second-order valence-corrected chi connectivity index (χ2v) is 6.30. The summed E-state index contributed by atoms with van der Waals surface area (Å²) >= 11 is 4.20. The van der Waals surface area contributed by atoms with Crippen molar-refractivity contribution in [3.05, 3.63) is 60.7 Å². The molecule has 1 amide bonds. The number of benzene rings is 2. The molecule has 4 nitrogen and oxygen atoms in total. The van der Waals surface area contributed by atoms with Gasteiger partial charge in [-0.2, -0.15) is 5.10 Å². The van der Waals surface area contributed by atoms with E-state index in [1.54, 1.807) is 30.3 Å². The lowest BCUT2D eigenvalue weighted by atomic mass is 10.2. The quantitative estimate of drug-likeness (QED) is 0.393. The van der Waals surface area contributed by atoms with Gasteiger partial charge in [0.15, 0.2) is 0 Å². The standard InChI is InChI=1S/C14H10I2N2O2/c15-11-6-10(13(19)12(16)7-11)8-17-18-14(20)9-4-2-1-3-5-9/h1-8,19H,(H,18,20)/b17-8-. The van der Waals surface area contributed by atoms with Gasteiger partial charge in [0, 0.05) is 14.7 Å². The molecule has 0 spiro atoms. The average molecular weight is 492 g/mol. The normalized spacial score (nSPS) is 10.7. The van der Waals surface area contributed by atoms with E-state index < -0.39 is 0 Å². The SMILES string of the molecule is O=C(N/N=C\c1cc(I)cc(I)c1O)c1ccccc1. The number of nitrogens with one attached hydrogen (secondary N) is 1. The van der Waals surface area contributed by atoms with Crippen LogP contribution < -0.4 is 5.43 Å². The number of hydrogen-bond donors (Lipinski definition) is 2. The largest absolute Gasteiger partial charge is 0.506 e. The molecule has 0 aromatic heterocycles. The topological polar surface area (TPSA) is 61.7 Å². The Labute approximate surface area is 143 Å². The first kappa shape index (κ1) is 15.2. The summed E-state index contributed by atoms with van der Waals surface area (Å²) in [5, 5.41) is 13.8. The molecule has 2 rings (SSSR count). The second-order valence-electron chi connectivity index (χ2n) is 3.89. The Balaban J connectivity index is 2.10. The molecular weight excluding hydrogens is 482 g/mol. The van der Waals surface area contributed by atoms with Crippen molar-refractivity contribution in [3.8, 4) is 5.75 Å². The molecule has 0 fully saturated rings. The Hall–Kier alpha value is -1.16. The Morgan fingerprint density at radius 1 is 1.20 bits per heavy atom. The Morgan fingerprint density at radius 3 is 2.60 bits per heavy atom. The molecule has 2 aromatic rings. The van der Waals surface area contributed by atoms with Crippen LogP contribution in [0.4, 0.5) is 0 Å². The van der Waals surface area contributed by atoms with Crippen molar-refractivity contribution >= 4 is 57.3 Å². The molecule has 0 radical (unpaired) electrons. The summed E-state index contributed by atoms with van der Waals surface area (Å²) < 4.78 is 1.73. The zero-order chi connectivity index (χ0) is 14.5. The number of aromatic hydroxyl groups is 1. The number of hydrogen-bond acceptors (Lipinski definition) is 3. The van der Waals surface area contributed by atoms with E-state index in [0.29, 0.717) is 11.1 Å². The molecule has 0 heterocycles. The maximum absolute atomic E-state index is 11.8. The first-order chi connectivity index (χ1) is 9.58. The zero-order valence-electron chi connectivity index (χ0n) is 10.2. The van der Waals surface area contributed by atoms with E-state index in [9.17, 15) is 9.90 Å². The summed E-state index contributed by atoms with van der Waals surface area (Å²) in [6.07, 6.45) is 1.43. The van der Waals surface area contributed by atoms with Crippen LogP contribution in [0.25, 0.3) is 0 Å². The summed E-state index contributed by atoms with van der Waals surface area (Å²) in [6, 6.07) is 12.5. The van der Waals surface area contributed by atoms with Crippen LogP contribution in [0.3, 0.4) is 0 Å². The number of hydrazone groups is 1. The predicted molar refractivity (Wildman–Crippen MR) is 95.0 cm³/mol. The molecule has 0 aliphatic rings. The van der Waals surface area contributed by atoms with Crippen LogP contribution in [-0.2, 0) is 0 Å². The van der Waals surface area contributed by atoms with Gasteiger partial charge in [-0.05, 0) is 69.4 Å². The fourth-order valence-corrected chi connectivity index (χ4v) is 3.39. The van der Waals surface area contributed by atoms with Gasteiger partial charge in [0.05, 0.1) is 9.78 Å². The third-order valence-corrected chi connectivity index (χ3v) is 3.91. The first-order valence-electron chi connectivity index (χ1n) is 5.64. The Kier molecular flexibility index (Phi) is 5.35. The molecule has 20 heavy (non-hydrogen) atoms. The highest BCUT2D eigenvalue weighted by Crippen LogP contribution is 2.25. The van der Waals surface area contributed by atoms with Crippen LogP contribution in [0.1, 0.15) is 15.9 Å². The highest BCUT2D eigenvalue weighted by molar-refractivity contribution is 14.1. The predicted octanol–water partition coefficient (Wildman–Crippen LogP) is 3.37. The van der Waals surface area contributed by atoms with Crippen molar-refractivity contribution < 1.29 is 9.90 Å². The van der Waals surface area contributed by atoms with E-state index in [0.717, 1.165) is 7.14 Å². The summed E-state index contributed by atoms with van der Waals surface area (Å²) in [4.78, 5) is 11.8. The van der Waals surface area contributed by atoms with E-state index in [2.05, 4.69) is 33.1 Å². The highest BCUT2D eigenvalue weighted by atomic mass is 127. The molecule has 6 heteroatoms. The van der Waals surface area contributed by atoms with Crippen molar-refractivity contribution in [1.29, 1.82) is 0 Å². The number of carbonyl (C=O) groups is 1. The lowest BCUT2D eigenvalue weighted by Gasteiger charge is -2.03. The summed E-state index contributed by atoms with van der Waals surface area (Å²) in [6.45, 7) is 0. The summed E-state index contributed by atoms with van der Waals surface area (Å²) in [7, 11) is 0. The molecular formula is C14H10I2N2O2. The van der Waals surface area contributed by atoms with Crippen molar-refractivity contribution in [3.63, 3.8) is 0 Å². The molecule has 0 bridgehead atoms. The second kappa shape index (κ2) is 7.02. The van der Waals surface area contributed by atoms with Crippen molar-refractivity contribution in [2.75, 3.05) is 0 Å². The minimum absolute atomic E-state index is 0.156. The maximum Gasteiger partial charge on any atom is 0.271 e. The number of phenolic OH excluding ortho intramolecular Hbond substituents is 1. The van der Waals surface area contributed by atoms with Gasteiger partial charge < -0.3 is 5.11 Å². The van der Waals surface area contributed by atoms with E-state index in [4.69, 9.17) is 0 Å². The smallest absolute Gasteiger partial charge is 0.271 e. The minimum atomic E-state index is -0.290. The fraction of sp³-hybridized carbons (Fsp3) is 0. The van der Waals surface area contributed by atoms with E-state index in [-0.39, 0.29) is 11.7 Å². The third-order valence-electron chi connectivity index (χ3n) is 2.46. The van der Waals surface area contributed by atoms with Gasteiger partial charge in [0.1, 0.15) is 5.75 Å². The highest BCUT2D eigenvalue weighted by Gasteiger charge is 2.06. The van der Waals surface area contributed by atoms with E-state index in [1.807, 2.05) is 34.7 Å². The lowest BCUT2D eigenvalue weighted by Crippen LogP contribution is -2.17. The van der Waals surface area contributed by atoms with Gasteiger partial charge in [0.2, 0.25) is 0 Å². The van der Waals surface area contributed by atoms with Gasteiger partial charge in [-0.15, -0.1) is 0 Å². The van der Waals surface area contributed by atoms with Crippen LogP contribution in [0.2, 0.25) is 0 Å². The number of nitrogens with zero attached hydrogens (tertiary/aromatic N) is 1. The molecule has 0 unspecified atom stereocenters. The summed E-state index contributed by atoms with van der Waals surface area (Å²) in [5.41, 5.74) is 3.53. The number of amides is 1. The van der Waals surface area contributed by atoms with Crippen LogP contribution in [-0.4, -0.2) is 17.2 Å². The molecule has 102 valence electrons. The lowest BCUT2D eigenvalue weighted by molar-refractivity contribution is 0.0955. The Morgan fingerprint density at radius 2 is 1.90 bits per heavy atom. The van der Waals surface area contributed by atoms with Gasteiger partial charge in [-0.3, -0.25) is 4.79 Å². The summed E-state index contributed by atoms with van der Waals surface area (Å²) in [5.74, 6) is -0.134. The first-order valence-corrected chi connectivity index (χ1v) is 7.80. The maximum atomic E-state index is 11.8. The fourth-order valence-electron chi connectivity index (χ4n) is 1.50. The zero-order valence-corrected chi connectivity index (χ0v) is 14.5. The molecule has 0 aliphatic carbocycles. The molecule has 0 aliphatic heterocycles. The third kappa shape index (κ3) is 3.92. The van der Waals surface area contributed by atoms with E-state index >= 15 is 0 Å². The van der Waals surface area contributed by atoms with Gasteiger partial charge in [-0.1, -0.05) is 18.2 Å². The monoisotopic (exact) mass is 492 g/mol. The van der Waals surface area contributed by atoms with E-state index in [1.165, 1.54) is 6.21 Å². The number of phenols is 1. The molecule has 0 saturated heterocycles. The number of halogens is 2. The Bertz CT molecular complexity index is 658. The number of carbonyl (C=O) groups excluding carboxylic acids is 1. The van der Waals surface area contributed by atoms with Crippen molar-refractivity contribution in [1.82, 2.24) is 5.43 Å². The van der Waals surface area contributed by atoms with Crippen LogP contribution in [0.15, 0.2) is 47.6 Å². The van der Waals surface area contributed by atoms with Gasteiger partial charge >= 0.3 is 0 Å². The average Bonchev–Trinajstić information content (AvgIpc) is 2.44. The van der Waals surface area contributed by atoms with Gasteiger partial charge in [0.25, 0.3) is 5.91 Å². The number of rotatable bonds is 3. The van der Waals surface area contributed by atoms with Gasteiger partial charge in [-0.25, -0.2) is 5.43 Å². The van der Waals surface area contributed by atoms with Crippen LogP contribution >= 0.6 is 45.2 Å². The van der Waals surface area contributed by atoms with Crippen molar-refractivity contribution in [2.24, 2.45) is 5.10 Å². The minimum Gasteiger partial charge on any atom is -0.506 e. The molecule has 2 aromatic carbocycles.